The highest BCUT2D eigenvalue weighted by Crippen LogP contribution is 2.18. The molecule has 0 saturated carbocycles. The Bertz CT molecular complexity index is 603. The number of hydrogen-bond donors (Lipinski definition) is 1. The first-order chi connectivity index (χ1) is 11.1. The van der Waals surface area contributed by atoms with Gasteiger partial charge in [-0.25, -0.2) is 0 Å². The number of amides is 1. The fourth-order valence-electron chi connectivity index (χ4n) is 1.88. The lowest BCUT2D eigenvalue weighted by molar-refractivity contribution is -0.116. The molecule has 0 saturated heterocycles. The standard InChI is InChI=1S/C17H17F2NO3/c18-17(19)23-15-10-8-13(9-11-15)20-16(21)7-4-12-22-14-5-2-1-3-6-14/h1-3,5-6,8-11,17H,4,7,12H2,(H,20,21). The second-order valence-corrected chi connectivity index (χ2v) is 4.72. The van der Waals surface area contributed by atoms with E-state index in [1.165, 1.54) is 24.3 Å². The molecule has 0 aliphatic rings. The van der Waals surface area contributed by atoms with E-state index in [1.54, 1.807) is 0 Å². The van der Waals surface area contributed by atoms with E-state index in [0.717, 1.165) is 5.75 Å². The normalized spacial score (nSPS) is 10.4. The molecular formula is C17H17F2NO3. The van der Waals surface area contributed by atoms with Gasteiger partial charge in [-0.2, -0.15) is 8.78 Å². The number of nitrogens with one attached hydrogen (secondary N) is 1. The molecule has 0 heterocycles. The maximum Gasteiger partial charge on any atom is 0.387 e. The van der Waals surface area contributed by atoms with Crippen molar-refractivity contribution in [3.05, 3.63) is 54.6 Å². The number of para-hydroxylation sites is 1. The Balaban J connectivity index is 1.68. The molecule has 0 aromatic heterocycles. The van der Waals surface area contributed by atoms with E-state index in [2.05, 4.69) is 10.1 Å². The lowest BCUT2D eigenvalue weighted by atomic mass is 10.2. The largest absolute Gasteiger partial charge is 0.494 e. The molecule has 122 valence electrons. The van der Waals surface area contributed by atoms with Crippen LogP contribution in [0.2, 0.25) is 0 Å². The van der Waals surface area contributed by atoms with Crippen LogP contribution in [0.4, 0.5) is 14.5 Å². The molecule has 23 heavy (non-hydrogen) atoms. The van der Waals surface area contributed by atoms with E-state index in [0.29, 0.717) is 25.1 Å². The zero-order valence-corrected chi connectivity index (χ0v) is 12.4. The first-order valence-electron chi connectivity index (χ1n) is 7.16. The number of carbonyl (C=O) groups is 1. The predicted octanol–water partition coefficient (Wildman–Crippen LogP) is 4.09. The molecule has 2 rings (SSSR count). The summed E-state index contributed by atoms with van der Waals surface area (Å²) in [6, 6.07) is 15.1. The number of rotatable bonds is 8. The van der Waals surface area contributed by atoms with Crippen LogP contribution in [0.5, 0.6) is 11.5 Å². The van der Waals surface area contributed by atoms with Crippen LogP contribution in [0.3, 0.4) is 0 Å². The molecule has 6 heteroatoms. The van der Waals surface area contributed by atoms with Gasteiger partial charge < -0.3 is 14.8 Å². The molecule has 0 fully saturated rings. The number of anilines is 1. The van der Waals surface area contributed by atoms with Crippen LogP contribution in [-0.4, -0.2) is 19.1 Å². The summed E-state index contributed by atoms with van der Waals surface area (Å²) in [5.41, 5.74) is 0.528. The number of carbonyl (C=O) groups excluding carboxylic acids is 1. The smallest absolute Gasteiger partial charge is 0.387 e. The quantitative estimate of drug-likeness (QED) is 0.745. The second-order valence-electron chi connectivity index (χ2n) is 4.72. The topological polar surface area (TPSA) is 47.6 Å². The van der Waals surface area contributed by atoms with E-state index in [-0.39, 0.29) is 11.7 Å². The molecule has 2 aromatic rings. The highest BCUT2D eigenvalue weighted by molar-refractivity contribution is 5.90. The molecular weight excluding hydrogens is 304 g/mol. The molecule has 0 aliphatic carbocycles. The first kappa shape index (κ1) is 16.7. The Morgan fingerprint density at radius 2 is 1.70 bits per heavy atom. The minimum atomic E-state index is -2.86. The number of hydrogen-bond acceptors (Lipinski definition) is 3. The van der Waals surface area contributed by atoms with Crippen LogP contribution in [-0.2, 0) is 4.79 Å². The Morgan fingerprint density at radius 1 is 1.00 bits per heavy atom. The van der Waals surface area contributed by atoms with Crippen LogP contribution < -0.4 is 14.8 Å². The summed E-state index contributed by atoms with van der Waals surface area (Å²) < 4.78 is 33.8. The van der Waals surface area contributed by atoms with Crippen molar-refractivity contribution in [3.8, 4) is 11.5 Å². The molecule has 0 aliphatic heterocycles. The van der Waals surface area contributed by atoms with Gasteiger partial charge in [0.25, 0.3) is 0 Å². The van der Waals surface area contributed by atoms with E-state index in [9.17, 15) is 13.6 Å². The van der Waals surface area contributed by atoms with Crippen molar-refractivity contribution in [2.24, 2.45) is 0 Å². The van der Waals surface area contributed by atoms with Gasteiger partial charge in [0.1, 0.15) is 11.5 Å². The molecule has 0 atom stereocenters. The van der Waals surface area contributed by atoms with E-state index in [1.807, 2.05) is 30.3 Å². The monoisotopic (exact) mass is 321 g/mol. The summed E-state index contributed by atoms with van der Waals surface area (Å²) in [5.74, 6) is 0.654. The van der Waals surface area contributed by atoms with Gasteiger partial charge >= 0.3 is 6.61 Å². The van der Waals surface area contributed by atoms with Crippen LogP contribution in [0.25, 0.3) is 0 Å². The zero-order valence-electron chi connectivity index (χ0n) is 12.4. The van der Waals surface area contributed by atoms with Gasteiger partial charge in [0.05, 0.1) is 6.61 Å². The average molecular weight is 321 g/mol. The van der Waals surface area contributed by atoms with Crippen molar-refractivity contribution in [2.45, 2.75) is 19.5 Å². The van der Waals surface area contributed by atoms with Gasteiger partial charge in [-0.1, -0.05) is 18.2 Å². The summed E-state index contributed by atoms with van der Waals surface area (Å²) >= 11 is 0. The summed E-state index contributed by atoms with van der Waals surface area (Å²) in [6.07, 6.45) is 0.884. The van der Waals surface area contributed by atoms with E-state index < -0.39 is 6.61 Å². The van der Waals surface area contributed by atoms with Gasteiger partial charge in [-0.15, -0.1) is 0 Å². The Hall–Kier alpha value is -2.63. The molecule has 1 N–H and O–H groups in total. The van der Waals surface area contributed by atoms with E-state index in [4.69, 9.17) is 4.74 Å². The Morgan fingerprint density at radius 3 is 2.35 bits per heavy atom. The molecule has 0 unspecified atom stereocenters. The molecule has 2 aromatic carbocycles. The van der Waals surface area contributed by atoms with Gasteiger partial charge in [0.2, 0.25) is 5.91 Å². The van der Waals surface area contributed by atoms with Gasteiger partial charge in [-0.05, 0) is 42.8 Å². The highest BCUT2D eigenvalue weighted by Gasteiger charge is 2.06. The summed E-state index contributed by atoms with van der Waals surface area (Å²) in [4.78, 5) is 11.8. The number of alkyl halides is 2. The summed E-state index contributed by atoms with van der Waals surface area (Å²) in [7, 11) is 0. The van der Waals surface area contributed by atoms with Gasteiger partial charge in [-0.3, -0.25) is 4.79 Å². The molecule has 0 radical (unpaired) electrons. The Labute approximate surface area is 133 Å². The first-order valence-corrected chi connectivity index (χ1v) is 7.16. The molecule has 0 bridgehead atoms. The Kier molecular flexibility index (Phi) is 6.35. The van der Waals surface area contributed by atoms with Crippen molar-refractivity contribution < 1.29 is 23.0 Å². The van der Waals surface area contributed by atoms with Crippen LogP contribution in [0.1, 0.15) is 12.8 Å². The second kappa shape index (κ2) is 8.73. The third-order valence-electron chi connectivity index (χ3n) is 2.92. The number of ether oxygens (including phenoxy) is 2. The summed E-state index contributed by atoms with van der Waals surface area (Å²) in [6.45, 7) is -2.42. The van der Waals surface area contributed by atoms with Crippen LogP contribution in [0.15, 0.2) is 54.6 Å². The van der Waals surface area contributed by atoms with Crippen molar-refractivity contribution in [1.29, 1.82) is 0 Å². The highest BCUT2D eigenvalue weighted by atomic mass is 19.3. The minimum Gasteiger partial charge on any atom is -0.494 e. The fraction of sp³-hybridized carbons (Fsp3) is 0.235. The van der Waals surface area contributed by atoms with Crippen molar-refractivity contribution >= 4 is 11.6 Å². The molecule has 1 amide bonds. The van der Waals surface area contributed by atoms with E-state index >= 15 is 0 Å². The number of halogens is 2. The summed E-state index contributed by atoms with van der Waals surface area (Å²) in [5, 5.41) is 2.68. The lowest BCUT2D eigenvalue weighted by Gasteiger charge is -2.08. The van der Waals surface area contributed by atoms with Crippen molar-refractivity contribution in [2.75, 3.05) is 11.9 Å². The number of benzene rings is 2. The third kappa shape index (κ3) is 6.34. The van der Waals surface area contributed by atoms with Crippen molar-refractivity contribution in [1.82, 2.24) is 0 Å². The molecule has 4 nitrogen and oxygen atoms in total. The minimum absolute atomic E-state index is 0.0502. The fourth-order valence-corrected chi connectivity index (χ4v) is 1.88. The maximum atomic E-state index is 12.0. The maximum absolute atomic E-state index is 12.0. The molecule has 0 spiro atoms. The predicted molar refractivity (Wildman–Crippen MR) is 82.9 cm³/mol. The van der Waals surface area contributed by atoms with Gasteiger partial charge in [0.15, 0.2) is 0 Å². The van der Waals surface area contributed by atoms with Gasteiger partial charge in [0, 0.05) is 12.1 Å². The van der Waals surface area contributed by atoms with Crippen LogP contribution in [0, 0.1) is 0 Å². The zero-order chi connectivity index (χ0) is 16.5. The van der Waals surface area contributed by atoms with Crippen LogP contribution >= 0.6 is 0 Å². The SMILES string of the molecule is O=C(CCCOc1ccccc1)Nc1ccc(OC(F)F)cc1. The third-order valence-corrected chi connectivity index (χ3v) is 2.92. The van der Waals surface area contributed by atoms with Crippen molar-refractivity contribution in [3.63, 3.8) is 0 Å². The lowest BCUT2D eigenvalue weighted by Crippen LogP contribution is -2.12. The average Bonchev–Trinajstić information content (AvgIpc) is 2.54.